The second-order valence-electron chi connectivity index (χ2n) is 3.45. The van der Waals surface area contributed by atoms with E-state index in [1.54, 1.807) is 0 Å². The van der Waals surface area contributed by atoms with Gasteiger partial charge in [-0.15, -0.1) is 0 Å². The maximum atomic E-state index is 11.0. The topological polar surface area (TPSA) is 57.5 Å². The summed E-state index contributed by atoms with van der Waals surface area (Å²) in [5, 5.41) is 17.4. The zero-order valence-corrected chi connectivity index (χ0v) is 11.0. The highest BCUT2D eigenvalue weighted by Crippen LogP contribution is 2.31. The van der Waals surface area contributed by atoms with Crippen molar-refractivity contribution in [1.29, 1.82) is 0 Å². The number of halogens is 1. The smallest absolute Gasteiger partial charge is 0.308 e. The van der Waals surface area contributed by atoms with E-state index in [4.69, 9.17) is 10.2 Å². The summed E-state index contributed by atoms with van der Waals surface area (Å²) in [4.78, 5) is 11.0. The lowest BCUT2D eigenvalue weighted by Crippen LogP contribution is -2.20. The van der Waals surface area contributed by atoms with Gasteiger partial charge in [0.15, 0.2) is 0 Å². The van der Waals surface area contributed by atoms with E-state index in [0.29, 0.717) is 0 Å². The fourth-order valence-corrected chi connectivity index (χ4v) is 2.16. The van der Waals surface area contributed by atoms with E-state index in [0.717, 1.165) is 10.0 Å². The zero-order chi connectivity index (χ0) is 12.1. The van der Waals surface area contributed by atoms with E-state index in [-0.39, 0.29) is 13.0 Å². The van der Waals surface area contributed by atoms with Crippen LogP contribution in [0.5, 0.6) is 0 Å². The molecule has 3 nitrogen and oxygen atoms in total. The third-order valence-corrected chi connectivity index (χ3v) is 3.54. The first-order valence-electron chi connectivity index (χ1n) is 4.83. The van der Waals surface area contributed by atoms with Gasteiger partial charge in [-0.1, -0.05) is 28.1 Å². The Morgan fingerprint density at radius 1 is 1.38 bits per heavy atom. The predicted molar refractivity (Wildman–Crippen MR) is 68.7 cm³/mol. The monoisotopic (exact) mass is 304 g/mol. The molecule has 1 aromatic rings. The Morgan fingerprint density at radius 2 is 1.94 bits per heavy atom. The first-order chi connectivity index (χ1) is 7.56. The second kappa shape index (κ2) is 6.27. The van der Waals surface area contributed by atoms with Crippen molar-refractivity contribution in [2.75, 3.05) is 6.61 Å². The molecule has 0 saturated carbocycles. The molecule has 0 aliphatic heterocycles. The van der Waals surface area contributed by atoms with Crippen molar-refractivity contribution in [3.63, 3.8) is 0 Å². The van der Waals surface area contributed by atoms with E-state index in [1.807, 2.05) is 24.3 Å². The van der Waals surface area contributed by atoms with Gasteiger partial charge in [0, 0.05) is 16.3 Å². The van der Waals surface area contributed by atoms with E-state index >= 15 is 0 Å². The lowest BCUT2D eigenvalue weighted by molar-refractivity contribution is -0.142. The van der Waals surface area contributed by atoms with Crippen LogP contribution in [0.4, 0.5) is 0 Å². The maximum Gasteiger partial charge on any atom is 0.308 e. The molecule has 1 rings (SSSR count). The Labute approximate surface area is 108 Å². The van der Waals surface area contributed by atoms with Gasteiger partial charge in [-0.3, -0.25) is 4.79 Å². The molecule has 88 valence electrons. The van der Waals surface area contributed by atoms with Crippen molar-refractivity contribution in [2.24, 2.45) is 5.92 Å². The highest BCUT2D eigenvalue weighted by Gasteiger charge is 2.26. The van der Waals surface area contributed by atoms with Gasteiger partial charge in [0.05, 0.1) is 5.92 Å². The van der Waals surface area contributed by atoms with E-state index in [1.165, 1.54) is 0 Å². The summed E-state index contributed by atoms with van der Waals surface area (Å²) in [7, 11) is 0. The molecule has 0 bridgehead atoms. The third kappa shape index (κ3) is 3.50. The summed E-state index contributed by atoms with van der Waals surface area (Å²) >= 11 is 7.62. The summed E-state index contributed by atoms with van der Waals surface area (Å²) in [5.41, 5.74) is 0.840. The molecule has 16 heavy (non-hydrogen) atoms. The highest BCUT2D eigenvalue weighted by atomic mass is 79.9. The number of benzene rings is 1. The molecule has 0 spiro atoms. The molecule has 0 aromatic heterocycles. The average molecular weight is 305 g/mol. The Kier molecular flexibility index (Phi) is 5.31. The molecule has 2 unspecified atom stereocenters. The molecule has 5 heteroatoms. The number of carbonyl (C=O) groups is 1. The molecule has 0 saturated heterocycles. The van der Waals surface area contributed by atoms with E-state index in [2.05, 4.69) is 28.6 Å². The number of aliphatic hydroxyl groups is 1. The fraction of sp³-hybridized carbons (Fsp3) is 0.364. The maximum absolute atomic E-state index is 11.0. The molecule has 1 aromatic carbocycles. The summed E-state index contributed by atoms with van der Waals surface area (Å²) in [6.07, 6.45) is 0.208. The lowest BCUT2D eigenvalue weighted by atomic mass is 9.96. The number of carboxylic acids is 1. The number of aliphatic carboxylic acids is 1. The van der Waals surface area contributed by atoms with Gasteiger partial charge in [0.2, 0.25) is 0 Å². The summed E-state index contributed by atoms with van der Waals surface area (Å²) in [6.45, 7) is -0.148. The fourth-order valence-electron chi connectivity index (χ4n) is 1.45. The minimum Gasteiger partial charge on any atom is -0.481 e. The lowest BCUT2D eigenvalue weighted by Gasteiger charge is -2.18. The molecule has 2 atom stereocenters. The van der Waals surface area contributed by atoms with Gasteiger partial charge in [-0.25, -0.2) is 0 Å². The number of rotatable bonds is 5. The van der Waals surface area contributed by atoms with Crippen molar-refractivity contribution in [2.45, 2.75) is 11.7 Å². The normalized spacial score (nSPS) is 14.4. The van der Waals surface area contributed by atoms with Crippen LogP contribution < -0.4 is 0 Å². The van der Waals surface area contributed by atoms with Crippen molar-refractivity contribution >= 4 is 34.5 Å². The predicted octanol–water partition coefficient (Wildman–Crippen LogP) is 2.50. The number of hydrogen-bond donors (Lipinski definition) is 3. The van der Waals surface area contributed by atoms with Gasteiger partial charge in [-0.2, -0.15) is 12.6 Å². The number of carboxylic acid groups (broad SMARTS) is 1. The standard InChI is InChI=1S/C11H13BrO3S/c12-8-3-1-7(2-4-8)10(16)9(5-6-13)11(14)15/h1-4,9-10,13,16H,5-6H2,(H,14,15). The SMILES string of the molecule is O=C(O)C(CCO)C(S)c1ccc(Br)cc1. The Balaban J connectivity index is 2.85. The van der Waals surface area contributed by atoms with Crippen molar-refractivity contribution in [3.8, 4) is 0 Å². The van der Waals surface area contributed by atoms with Gasteiger partial charge < -0.3 is 10.2 Å². The zero-order valence-electron chi connectivity index (χ0n) is 8.51. The molecular formula is C11H13BrO3S. The van der Waals surface area contributed by atoms with Crippen LogP contribution in [0.1, 0.15) is 17.2 Å². The minimum absolute atomic E-state index is 0.148. The summed E-state index contributed by atoms with van der Waals surface area (Å²) in [5.74, 6) is -1.61. The molecule has 0 fully saturated rings. The van der Waals surface area contributed by atoms with E-state index in [9.17, 15) is 4.79 Å². The third-order valence-electron chi connectivity index (χ3n) is 2.35. The molecule has 2 N–H and O–H groups in total. The van der Waals surface area contributed by atoms with Crippen LogP contribution in [0, 0.1) is 5.92 Å². The van der Waals surface area contributed by atoms with Crippen LogP contribution in [-0.4, -0.2) is 22.8 Å². The first-order valence-corrected chi connectivity index (χ1v) is 6.14. The minimum atomic E-state index is -0.933. The molecular weight excluding hydrogens is 292 g/mol. The summed E-state index contributed by atoms with van der Waals surface area (Å²) in [6, 6.07) is 7.34. The van der Waals surface area contributed by atoms with Gasteiger partial charge >= 0.3 is 5.97 Å². The Hall–Kier alpha value is -0.520. The number of hydrogen-bond acceptors (Lipinski definition) is 3. The van der Waals surface area contributed by atoms with Crippen LogP contribution in [0.2, 0.25) is 0 Å². The van der Waals surface area contributed by atoms with Crippen molar-refractivity contribution < 1.29 is 15.0 Å². The van der Waals surface area contributed by atoms with Crippen LogP contribution in [0.3, 0.4) is 0 Å². The molecule has 0 amide bonds. The van der Waals surface area contributed by atoms with Crippen LogP contribution >= 0.6 is 28.6 Å². The van der Waals surface area contributed by atoms with Gasteiger partial charge in [-0.05, 0) is 24.1 Å². The highest BCUT2D eigenvalue weighted by molar-refractivity contribution is 9.10. The average Bonchev–Trinajstić information content (AvgIpc) is 2.25. The Morgan fingerprint density at radius 3 is 2.38 bits per heavy atom. The molecule has 0 radical (unpaired) electrons. The first kappa shape index (κ1) is 13.5. The molecule has 0 aliphatic rings. The van der Waals surface area contributed by atoms with Crippen LogP contribution in [-0.2, 0) is 4.79 Å². The largest absolute Gasteiger partial charge is 0.481 e. The molecule has 0 aliphatic carbocycles. The van der Waals surface area contributed by atoms with Gasteiger partial charge in [0.1, 0.15) is 0 Å². The Bertz CT molecular complexity index is 353. The quantitative estimate of drug-likeness (QED) is 0.733. The second-order valence-corrected chi connectivity index (χ2v) is 4.93. The van der Waals surface area contributed by atoms with Crippen LogP contribution in [0.15, 0.2) is 28.7 Å². The van der Waals surface area contributed by atoms with Crippen LogP contribution in [0.25, 0.3) is 0 Å². The van der Waals surface area contributed by atoms with Crippen molar-refractivity contribution in [1.82, 2.24) is 0 Å². The summed E-state index contributed by atoms with van der Waals surface area (Å²) < 4.78 is 0.936. The number of thiol groups is 1. The van der Waals surface area contributed by atoms with Crippen molar-refractivity contribution in [3.05, 3.63) is 34.3 Å². The van der Waals surface area contributed by atoms with Gasteiger partial charge in [0.25, 0.3) is 0 Å². The van der Waals surface area contributed by atoms with E-state index < -0.39 is 17.1 Å². The number of aliphatic hydroxyl groups excluding tert-OH is 1. The molecule has 0 heterocycles.